The van der Waals surface area contributed by atoms with Gasteiger partial charge in [-0.25, -0.2) is 19.0 Å². The van der Waals surface area contributed by atoms with Gasteiger partial charge >= 0.3 is 11.6 Å². The number of thiazole rings is 1. The van der Waals surface area contributed by atoms with Crippen LogP contribution in [0.4, 0.5) is 5.13 Å². The summed E-state index contributed by atoms with van der Waals surface area (Å²) in [6.45, 7) is 2.78. The van der Waals surface area contributed by atoms with Crippen LogP contribution < -0.4 is 10.3 Å². The van der Waals surface area contributed by atoms with E-state index in [9.17, 15) is 19.5 Å². The zero-order valence-electron chi connectivity index (χ0n) is 26.1. The molecule has 7 rings (SSSR count). The molecule has 0 bridgehead atoms. The van der Waals surface area contributed by atoms with E-state index in [4.69, 9.17) is 16.0 Å². The van der Waals surface area contributed by atoms with E-state index in [1.165, 1.54) is 23.8 Å². The van der Waals surface area contributed by atoms with Crippen LogP contribution in [0.15, 0.2) is 70.7 Å². The van der Waals surface area contributed by atoms with Crippen LogP contribution in [0.5, 0.6) is 0 Å². The molecule has 1 amide bonds. The number of imidazole rings is 1. The minimum atomic E-state index is -1.18. The van der Waals surface area contributed by atoms with E-state index in [-0.39, 0.29) is 35.2 Å². The van der Waals surface area contributed by atoms with Crippen molar-refractivity contribution in [3.05, 3.63) is 82.4 Å². The third kappa shape index (κ3) is 5.74. The molecule has 14 nitrogen and oxygen atoms in total. The standard InChI is InChI=1S/C32H33N9O5S2/c1-46-36-26(23-18-48-32(34)35-23)24(42)14-22-29(43)41-27(31(44)45)21(17-47-30(22)41)16-39-11-8-25-38(12-13-40(25)39)15-19-4-6-20(7-5-19)28(33)37-9-2-3-10-37/h4-8,11-13,18,22,30,33H,2-3,9-10,14-17H2,1H3,(H2-,34,35,44,45)/p+1/b33-28?,36-26-/t22-,30-/m1/s1. The average Bonchev–Trinajstić information content (AvgIpc) is 3.90. The monoisotopic (exact) mass is 688 g/mol. The number of nitrogens with one attached hydrogen (secondary N) is 1. The van der Waals surface area contributed by atoms with Crippen LogP contribution in [0, 0.1) is 11.3 Å². The number of anilines is 1. The number of rotatable bonds is 11. The fourth-order valence-corrected chi connectivity index (χ4v) is 8.50. The zero-order valence-corrected chi connectivity index (χ0v) is 27.7. The Balaban J connectivity index is 1.05. The number of carboxylic acid groups (broad SMARTS) is 1. The van der Waals surface area contributed by atoms with Crippen molar-refractivity contribution in [3.8, 4) is 0 Å². The summed E-state index contributed by atoms with van der Waals surface area (Å²) in [5.41, 5.74) is 9.49. The average molecular weight is 689 g/mol. The summed E-state index contributed by atoms with van der Waals surface area (Å²) in [6.07, 6.45) is 7.92. The van der Waals surface area contributed by atoms with Crippen molar-refractivity contribution >= 4 is 63.1 Å². The van der Waals surface area contributed by atoms with Crippen LogP contribution in [-0.4, -0.2) is 89.6 Å². The van der Waals surface area contributed by atoms with Gasteiger partial charge in [-0.15, -0.1) is 27.6 Å². The number of nitrogens with zero attached hydrogens (tertiary/aromatic N) is 7. The second-order valence-corrected chi connectivity index (χ2v) is 13.9. The maximum atomic E-state index is 13.4. The van der Waals surface area contributed by atoms with Crippen molar-refractivity contribution in [2.75, 3.05) is 31.7 Å². The lowest BCUT2D eigenvalue weighted by atomic mass is 9.89. The molecule has 248 valence electrons. The molecule has 1 aromatic carbocycles. The number of Topliss-reactive ketones (excluding diaryl/α,β-unsaturated/α-hetero) is 1. The Labute approximate surface area is 283 Å². The Kier molecular flexibility index (Phi) is 8.51. The van der Waals surface area contributed by atoms with Gasteiger partial charge in [0, 0.05) is 36.2 Å². The van der Waals surface area contributed by atoms with E-state index in [1.807, 2.05) is 46.0 Å². The first-order chi connectivity index (χ1) is 23.2. The number of amides is 1. The van der Waals surface area contributed by atoms with E-state index < -0.39 is 29.0 Å². The number of ketones is 1. The van der Waals surface area contributed by atoms with Gasteiger partial charge in [0.15, 0.2) is 22.8 Å². The largest absolute Gasteiger partial charge is 0.477 e. The molecule has 0 radical (unpaired) electrons. The molecule has 6 heterocycles. The number of aliphatic carboxylic acids is 1. The van der Waals surface area contributed by atoms with Crippen molar-refractivity contribution in [3.63, 3.8) is 0 Å². The lowest BCUT2D eigenvalue weighted by molar-refractivity contribution is -0.661. The molecule has 2 saturated heterocycles. The Morgan fingerprint density at radius 3 is 2.65 bits per heavy atom. The Morgan fingerprint density at radius 1 is 1.19 bits per heavy atom. The Morgan fingerprint density at radius 2 is 1.96 bits per heavy atom. The summed E-state index contributed by atoms with van der Waals surface area (Å²) in [5.74, 6) is -1.76. The molecule has 4 aromatic rings. The van der Waals surface area contributed by atoms with Crippen molar-refractivity contribution < 1.29 is 28.9 Å². The van der Waals surface area contributed by atoms with Crippen molar-refractivity contribution in [1.29, 1.82) is 5.41 Å². The van der Waals surface area contributed by atoms with E-state index in [0.717, 1.165) is 54.0 Å². The summed E-state index contributed by atoms with van der Waals surface area (Å²) >= 11 is 2.61. The number of oxime groups is 1. The first kappa shape index (κ1) is 31.6. The summed E-state index contributed by atoms with van der Waals surface area (Å²) < 4.78 is 5.99. The minimum Gasteiger partial charge on any atom is -0.477 e. The summed E-state index contributed by atoms with van der Waals surface area (Å²) in [7, 11) is 1.32. The first-order valence-corrected chi connectivity index (χ1v) is 17.4. The molecule has 2 atom stereocenters. The van der Waals surface area contributed by atoms with E-state index in [0.29, 0.717) is 23.7 Å². The molecule has 16 heteroatoms. The number of aromatic nitrogens is 4. The fourth-order valence-electron chi connectivity index (χ4n) is 6.55. The molecule has 4 N–H and O–H groups in total. The van der Waals surface area contributed by atoms with Crippen LogP contribution in [-0.2, 0) is 32.3 Å². The quantitative estimate of drug-likeness (QED) is 0.0703. The molecule has 2 fully saturated rings. The first-order valence-electron chi connectivity index (χ1n) is 15.5. The molecule has 0 unspecified atom stereocenters. The van der Waals surface area contributed by atoms with Crippen LogP contribution in [0.1, 0.15) is 36.1 Å². The fraction of sp³-hybridized carbons (Fsp3) is 0.344. The summed E-state index contributed by atoms with van der Waals surface area (Å²) in [5, 5.41) is 24.0. The molecular weight excluding hydrogens is 655 g/mol. The number of nitrogens with two attached hydrogens (primary N) is 1. The number of thioether (sulfide) groups is 1. The number of amidine groups is 1. The lowest BCUT2D eigenvalue weighted by Gasteiger charge is -2.49. The minimum absolute atomic E-state index is 0.0252. The Hall–Kier alpha value is -4.96. The predicted octanol–water partition coefficient (Wildman–Crippen LogP) is 2.42. The van der Waals surface area contributed by atoms with Gasteiger partial charge in [-0.05, 0) is 24.0 Å². The highest BCUT2D eigenvalue weighted by molar-refractivity contribution is 8.00. The number of likely N-dealkylation sites (tertiary alicyclic amines) is 1. The van der Waals surface area contributed by atoms with Crippen LogP contribution in [0.3, 0.4) is 0 Å². The lowest BCUT2D eigenvalue weighted by Crippen LogP contribution is -2.62. The van der Waals surface area contributed by atoms with Gasteiger partial charge in [0.2, 0.25) is 5.91 Å². The van der Waals surface area contributed by atoms with Gasteiger partial charge in [0.1, 0.15) is 37.1 Å². The topological polar surface area (TPSA) is 175 Å². The van der Waals surface area contributed by atoms with Gasteiger partial charge in [-0.3, -0.25) is 19.9 Å². The predicted molar refractivity (Wildman–Crippen MR) is 180 cm³/mol. The maximum Gasteiger partial charge on any atom is 0.352 e. The normalized spacial score (nSPS) is 19.5. The number of carbonyl (C=O) groups is 3. The van der Waals surface area contributed by atoms with Gasteiger partial charge in [0.05, 0.1) is 30.1 Å². The second kappa shape index (κ2) is 12.9. The maximum absolute atomic E-state index is 13.4. The number of carbonyl (C=O) groups excluding carboxylic acids is 2. The van der Waals surface area contributed by atoms with E-state index >= 15 is 0 Å². The number of fused-ring (bicyclic) bond motifs is 2. The Bertz CT molecular complexity index is 1990. The third-order valence-corrected chi connectivity index (χ3v) is 11.0. The molecule has 0 saturated carbocycles. The van der Waals surface area contributed by atoms with Crippen molar-refractivity contribution in [2.24, 2.45) is 11.1 Å². The van der Waals surface area contributed by atoms with Crippen LogP contribution in [0.2, 0.25) is 0 Å². The molecule has 48 heavy (non-hydrogen) atoms. The molecule has 3 aliphatic rings. The zero-order chi connectivity index (χ0) is 33.5. The number of hydrogen-bond acceptors (Lipinski definition) is 10. The molecule has 0 aliphatic carbocycles. The van der Waals surface area contributed by atoms with Crippen LogP contribution >= 0.6 is 23.1 Å². The second-order valence-electron chi connectivity index (χ2n) is 11.9. The highest BCUT2D eigenvalue weighted by Crippen LogP contribution is 2.45. The van der Waals surface area contributed by atoms with E-state index in [2.05, 4.69) is 31.7 Å². The smallest absolute Gasteiger partial charge is 0.352 e. The summed E-state index contributed by atoms with van der Waals surface area (Å²) in [6, 6.07) is 10.1. The number of nitrogen functional groups attached to an aromatic ring is 1. The number of β-lactam (4-membered cyclic amide) rings is 1. The molecule has 3 aliphatic heterocycles. The van der Waals surface area contributed by atoms with E-state index in [1.54, 1.807) is 5.38 Å². The number of carboxylic acids is 1. The molecular formula is C32H34N9O5S2+. The molecule has 0 spiro atoms. The highest BCUT2D eigenvalue weighted by Gasteiger charge is 2.54. The number of benzene rings is 1. The molecule has 3 aromatic heterocycles. The van der Waals surface area contributed by atoms with Gasteiger partial charge in [-0.1, -0.05) is 29.4 Å². The van der Waals surface area contributed by atoms with Crippen molar-refractivity contribution in [2.45, 2.75) is 37.7 Å². The third-order valence-electron chi connectivity index (χ3n) is 8.92. The van der Waals surface area contributed by atoms with Crippen molar-refractivity contribution in [1.82, 2.24) is 24.0 Å². The van der Waals surface area contributed by atoms with Crippen LogP contribution in [0.25, 0.3) is 5.65 Å². The highest BCUT2D eigenvalue weighted by atomic mass is 32.2. The number of hydrogen-bond donors (Lipinski definition) is 3. The SMILES string of the molecule is CO/N=C(\C(=O)C[C@@H]1C(=O)N2C(C(=O)O)=C(Cn3ccc4n3cc[n+]4Cc3ccc(C(=N)N4CCCC4)cc3)CS[C@H]12)c1csc(N)n1. The van der Waals surface area contributed by atoms with Gasteiger partial charge in [-0.2, -0.15) is 0 Å². The van der Waals surface area contributed by atoms with Gasteiger partial charge < -0.3 is 20.6 Å². The van der Waals surface area contributed by atoms with Gasteiger partial charge in [0.25, 0.3) is 0 Å². The summed E-state index contributed by atoms with van der Waals surface area (Å²) in [4.78, 5) is 51.5.